The summed E-state index contributed by atoms with van der Waals surface area (Å²) in [7, 11) is 1.37. The van der Waals surface area contributed by atoms with Crippen molar-refractivity contribution in [2.75, 3.05) is 20.2 Å². The molecule has 2 heterocycles. The molecule has 2 aromatic carbocycles. The number of hydrogen-bond donors (Lipinski definition) is 4. The average Bonchev–Trinajstić information content (AvgIpc) is 3.34. The van der Waals surface area contributed by atoms with Crippen LogP contribution in [0.4, 0.5) is 0 Å². The number of nitrogens with one attached hydrogen (secondary N) is 3. The van der Waals surface area contributed by atoms with Crippen LogP contribution in [0.3, 0.4) is 0 Å². The minimum atomic E-state index is -0.365. The summed E-state index contributed by atoms with van der Waals surface area (Å²) in [5.41, 5.74) is 10.9. The fraction of sp³-hybridized carbons (Fsp3) is 0.238. The van der Waals surface area contributed by atoms with Gasteiger partial charge in [0.15, 0.2) is 0 Å². The van der Waals surface area contributed by atoms with Gasteiger partial charge in [-0.3, -0.25) is 5.10 Å². The van der Waals surface area contributed by atoms with Gasteiger partial charge < -0.3 is 20.8 Å². The van der Waals surface area contributed by atoms with Crippen LogP contribution in [0.2, 0.25) is 0 Å². The monoisotopic (exact) mass is 377 g/mol. The second-order valence-electron chi connectivity index (χ2n) is 6.70. The molecule has 0 fully saturated rings. The number of aromatic amines is 2. The van der Waals surface area contributed by atoms with E-state index in [1.807, 2.05) is 12.1 Å². The largest absolute Gasteiger partial charge is 0.465 e. The molecular formula is C21H23N5O2. The van der Waals surface area contributed by atoms with Crippen LogP contribution < -0.4 is 11.1 Å². The Morgan fingerprint density at radius 3 is 2.89 bits per heavy atom. The quantitative estimate of drug-likeness (QED) is 0.292. The third-order valence-electron chi connectivity index (χ3n) is 4.87. The molecule has 0 saturated heterocycles. The van der Waals surface area contributed by atoms with Crippen LogP contribution in [0.1, 0.15) is 22.3 Å². The van der Waals surface area contributed by atoms with Gasteiger partial charge >= 0.3 is 5.97 Å². The molecule has 0 amide bonds. The number of methoxy groups -OCH3 is 1. The number of carbonyl (C=O) groups is 1. The van der Waals surface area contributed by atoms with Crippen molar-refractivity contribution in [3.63, 3.8) is 0 Å². The fourth-order valence-corrected chi connectivity index (χ4v) is 3.42. The molecule has 2 aromatic heterocycles. The minimum absolute atomic E-state index is 0.365. The van der Waals surface area contributed by atoms with Gasteiger partial charge in [-0.15, -0.1) is 0 Å². The standard InChI is InChI=1S/C21H23N5O2/c1-28-21(27)13-6-7-15-18(10-13)25-26-20(15)19-11-16-14(12-23-9-3-8-22)4-2-5-17(16)24-19/h2,4-7,10-11,23-24H,3,8-9,12,22H2,1H3,(H,25,26). The van der Waals surface area contributed by atoms with Crippen LogP contribution in [0.5, 0.6) is 0 Å². The number of carbonyl (C=O) groups excluding carboxylic acids is 1. The summed E-state index contributed by atoms with van der Waals surface area (Å²) >= 11 is 0. The van der Waals surface area contributed by atoms with Gasteiger partial charge in [-0.1, -0.05) is 12.1 Å². The molecule has 0 saturated carbocycles. The number of nitrogens with zero attached hydrogens (tertiary/aromatic N) is 1. The van der Waals surface area contributed by atoms with Crippen molar-refractivity contribution in [3.8, 4) is 11.4 Å². The third-order valence-corrected chi connectivity index (χ3v) is 4.87. The first-order valence-corrected chi connectivity index (χ1v) is 9.29. The van der Waals surface area contributed by atoms with Crippen LogP contribution in [0, 0.1) is 0 Å². The summed E-state index contributed by atoms with van der Waals surface area (Å²) in [5.74, 6) is -0.365. The van der Waals surface area contributed by atoms with Crippen LogP contribution >= 0.6 is 0 Å². The molecule has 5 N–H and O–H groups in total. The topological polar surface area (TPSA) is 109 Å². The molecule has 0 bridgehead atoms. The smallest absolute Gasteiger partial charge is 0.337 e. The Bertz CT molecular complexity index is 1130. The highest BCUT2D eigenvalue weighted by molar-refractivity contribution is 6.00. The minimum Gasteiger partial charge on any atom is -0.465 e. The van der Waals surface area contributed by atoms with Gasteiger partial charge in [-0.05, 0) is 55.4 Å². The Kier molecular flexibility index (Phi) is 5.10. The number of H-pyrrole nitrogens is 2. The first kappa shape index (κ1) is 18.2. The van der Waals surface area contributed by atoms with Crippen molar-refractivity contribution < 1.29 is 9.53 Å². The average molecular weight is 377 g/mol. The molecule has 0 aliphatic rings. The highest BCUT2D eigenvalue weighted by atomic mass is 16.5. The van der Waals surface area contributed by atoms with Crippen molar-refractivity contribution in [2.45, 2.75) is 13.0 Å². The van der Waals surface area contributed by atoms with Gasteiger partial charge in [0.1, 0.15) is 5.69 Å². The lowest BCUT2D eigenvalue weighted by Gasteiger charge is -2.05. The van der Waals surface area contributed by atoms with E-state index in [2.05, 4.69) is 38.7 Å². The van der Waals surface area contributed by atoms with Crippen LogP contribution in [-0.4, -0.2) is 41.3 Å². The van der Waals surface area contributed by atoms with E-state index in [9.17, 15) is 4.79 Å². The molecule has 0 radical (unpaired) electrons. The Labute approximate surface area is 162 Å². The number of hydrogen-bond acceptors (Lipinski definition) is 5. The molecule has 7 nitrogen and oxygen atoms in total. The lowest BCUT2D eigenvalue weighted by molar-refractivity contribution is 0.0601. The van der Waals surface area contributed by atoms with E-state index in [0.29, 0.717) is 12.1 Å². The zero-order chi connectivity index (χ0) is 19.5. The van der Waals surface area contributed by atoms with Gasteiger partial charge in [0.05, 0.1) is 23.9 Å². The van der Waals surface area contributed by atoms with E-state index in [-0.39, 0.29) is 5.97 Å². The maximum atomic E-state index is 11.7. The van der Waals surface area contributed by atoms with E-state index in [4.69, 9.17) is 10.5 Å². The predicted molar refractivity (Wildman–Crippen MR) is 110 cm³/mol. The highest BCUT2D eigenvalue weighted by Gasteiger charge is 2.14. The van der Waals surface area contributed by atoms with Gasteiger partial charge in [0.2, 0.25) is 0 Å². The second-order valence-corrected chi connectivity index (χ2v) is 6.70. The van der Waals surface area contributed by atoms with Crippen LogP contribution in [0.25, 0.3) is 33.2 Å². The zero-order valence-corrected chi connectivity index (χ0v) is 15.7. The molecular weight excluding hydrogens is 354 g/mol. The number of ether oxygens (including phenoxy) is 1. The van der Waals surface area contributed by atoms with Gasteiger partial charge in [0.25, 0.3) is 0 Å². The first-order valence-electron chi connectivity index (χ1n) is 9.29. The highest BCUT2D eigenvalue weighted by Crippen LogP contribution is 2.30. The molecule has 0 unspecified atom stereocenters. The molecule has 0 aliphatic heterocycles. The number of aromatic nitrogens is 3. The summed E-state index contributed by atoms with van der Waals surface area (Å²) in [6.07, 6.45) is 0.960. The molecule has 0 spiro atoms. The molecule has 144 valence electrons. The van der Waals surface area contributed by atoms with E-state index in [0.717, 1.165) is 47.3 Å². The lowest BCUT2D eigenvalue weighted by atomic mass is 10.1. The van der Waals surface area contributed by atoms with E-state index < -0.39 is 0 Å². The van der Waals surface area contributed by atoms with Crippen LogP contribution in [-0.2, 0) is 11.3 Å². The van der Waals surface area contributed by atoms with Gasteiger partial charge in [0, 0.05) is 22.8 Å². The second kappa shape index (κ2) is 7.84. The Morgan fingerprint density at radius 2 is 2.07 bits per heavy atom. The van der Waals surface area contributed by atoms with Crippen molar-refractivity contribution in [1.29, 1.82) is 0 Å². The Hall–Kier alpha value is -3.16. The molecule has 0 aliphatic carbocycles. The normalized spacial score (nSPS) is 11.4. The number of benzene rings is 2. The number of fused-ring (bicyclic) bond motifs is 2. The van der Waals surface area contributed by atoms with Crippen molar-refractivity contribution in [2.24, 2.45) is 5.73 Å². The molecule has 4 rings (SSSR count). The predicted octanol–water partition coefficient (Wildman–Crippen LogP) is 2.94. The SMILES string of the molecule is COC(=O)c1ccc2c(-c3cc4c(CNCCCN)cccc4[nH]3)n[nH]c2c1. The zero-order valence-electron chi connectivity index (χ0n) is 15.7. The fourth-order valence-electron chi connectivity index (χ4n) is 3.42. The molecule has 4 aromatic rings. The summed E-state index contributed by atoms with van der Waals surface area (Å²) in [5, 5.41) is 13.0. The first-order chi connectivity index (χ1) is 13.7. The van der Waals surface area contributed by atoms with Crippen molar-refractivity contribution in [3.05, 3.63) is 53.6 Å². The molecule has 28 heavy (non-hydrogen) atoms. The Balaban J connectivity index is 1.68. The number of nitrogens with two attached hydrogens (primary N) is 1. The summed E-state index contributed by atoms with van der Waals surface area (Å²) < 4.78 is 4.78. The van der Waals surface area contributed by atoms with Crippen molar-refractivity contribution in [1.82, 2.24) is 20.5 Å². The van der Waals surface area contributed by atoms with Gasteiger partial charge in [-0.25, -0.2) is 4.79 Å². The van der Waals surface area contributed by atoms with Crippen molar-refractivity contribution >= 4 is 27.8 Å². The summed E-state index contributed by atoms with van der Waals surface area (Å²) in [6.45, 7) is 2.38. The van der Waals surface area contributed by atoms with Crippen LogP contribution in [0.15, 0.2) is 42.5 Å². The maximum absolute atomic E-state index is 11.7. The molecule has 7 heteroatoms. The van der Waals surface area contributed by atoms with E-state index in [1.165, 1.54) is 18.1 Å². The maximum Gasteiger partial charge on any atom is 0.337 e. The van der Waals surface area contributed by atoms with Gasteiger partial charge in [-0.2, -0.15) is 5.10 Å². The van der Waals surface area contributed by atoms with E-state index >= 15 is 0 Å². The summed E-state index contributed by atoms with van der Waals surface area (Å²) in [4.78, 5) is 15.2. The van der Waals surface area contributed by atoms with E-state index in [1.54, 1.807) is 12.1 Å². The third kappa shape index (κ3) is 3.37. The molecule has 0 atom stereocenters. The Morgan fingerprint density at radius 1 is 1.18 bits per heavy atom. The lowest BCUT2D eigenvalue weighted by Crippen LogP contribution is -2.17. The number of rotatable bonds is 7. The summed E-state index contributed by atoms with van der Waals surface area (Å²) in [6, 6.07) is 13.8. The number of esters is 1.